The Balaban J connectivity index is 1.59. The maximum atomic E-state index is 3.84. The van der Waals surface area contributed by atoms with Crippen molar-refractivity contribution in [2.45, 2.75) is 58.5 Å². The summed E-state index contributed by atoms with van der Waals surface area (Å²) in [6.45, 7) is 14.6. The van der Waals surface area contributed by atoms with Crippen LogP contribution in [-0.4, -0.2) is 61.2 Å². The summed E-state index contributed by atoms with van der Waals surface area (Å²) in [7, 11) is 0. The van der Waals surface area contributed by atoms with Crippen LogP contribution in [0.1, 0.15) is 46.5 Å². The number of likely N-dealkylation sites (tertiary alicyclic amines) is 2. The highest BCUT2D eigenvalue weighted by molar-refractivity contribution is 4.81. The van der Waals surface area contributed by atoms with Gasteiger partial charge < -0.3 is 15.1 Å². The molecule has 0 aliphatic carbocycles. The van der Waals surface area contributed by atoms with Crippen LogP contribution in [0.25, 0.3) is 0 Å². The smallest absolute Gasteiger partial charge is 0.00915 e. The van der Waals surface area contributed by atoms with Crippen LogP contribution in [-0.2, 0) is 0 Å². The summed E-state index contributed by atoms with van der Waals surface area (Å²) in [4.78, 5) is 5.19. The Kier molecular flexibility index (Phi) is 6.11. The normalized spacial score (nSPS) is 25.3. The Hall–Kier alpha value is -0.120. The van der Waals surface area contributed by atoms with E-state index in [4.69, 9.17) is 0 Å². The molecular weight excluding hydrogens is 234 g/mol. The molecule has 0 aromatic rings. The first-order chi connectivity index (χ1) is 9.19. The molecule has 0 aromatic carbocycles. The van der Waals surface area contributed by atoms with Crippen LogP contribution in [0.4, 0.5) is 0 Å². The average molecular weight is 267 g/mol. The van der Waals surface area contributed by atoms with Crippen molar-refractivity contribution < 1.29 is 0 Å². The zero-order chi connectivity index (χ0) is 13.7. The van der Waals surface area contributed by atoms with Crippen molar-refractivity contribution in [3.8, 4) is 0 Å². The molecule has 2 saturated heterocycles. The number of hydrogen-bond acceptors (Lipinski definition) is 3. The molecule has 19 heavy (non-hydrogen) atoms. The van der Waals surface area contributed by atoms with Gasteiger partial charge >= 0.3 is 0 Å². The third-order valence-electron chi connectivity index (χ3n) is 5.11. The van der Waals surface area contributed by atoms with Crippen LogP contribution in [0.2, 0.25) is 0 Å². The first kappa shape index (κ1) is 15.3. The lowest BCUT2D eigenvalue weighted by Gasteiger charge is -2.36. The molecule has 0 saturated carbocycles. The Labute approximate surface area is 119 Å². The van der Waals surface area contributed by atoms with Crippen LogP contribution >= 0.6 is 0 Å². The zero-order valence-corrected chi connectivity index (χ0v) is 13.2. The monoisotopic (exact) mass is 267 g/mol. The largest absolute Gasteiger partial charge is 0.314 e. The predicted octanol–water partition coefficient (Wildman–Crippen LogP) is 2.18. The van der Waals surface area contributed by atoms with Gasteiger partial charge in [0.25, 0.3) is 0 Å². The lowest BCUT2D eigenvalue weighted by Crippen LogP contribution is -2.46. The van der Waals surface area contributed by atoms with Gasteiger partial charge in [0.2, 0.25) is 0 Å². The fourth-order valence-corrected chi connectivity index (χ4v) is 3.46. The van der Waals surface area contributed by atoms with E-state index in [9.17, 15) is 0 Å². The van der Waals surface area contributed by atoms with E-state index >= 15 is 0 Å². The quantitative estimate of drug-likeness (QED) is 0.824. The highest BCUT2D eigenvalue weighted by Gasteiger charge is 2.22. The second-order valence-corrected chi connectivity index (χ2v) is 6.69. The number of rotatable bonds is 5. The molecule has 2 rings (SSSR count). The fourth-order valence-electron chi connectivity index (χ4n) is 3.46. The minimum atomic E-state index is 0.722. The standard InChI is InChI=1S/C16H33N3/c1-4-18-9-5-15(6-10-18)13-17-16-7-11-19(12-8-16)14(2)3/h14-17H,4-13H2,1-3H3. The fraction of sp³-hybridized carbons (Fsp3) is 1.00. The molecule has 2 aliphatic rings. The highest BCUT2D eigenvalue weighted by atomic mass is 15.2. The number of hydrogen-bond donors (Lipinski definition) is 1. The van der Waals surface area contributed by atoms with Gasteiger partial charge in [-0.2, -0.15) is 0 Å². The molecule has 2 heterocycles. The van der Waals surface area contributed by atoms with Crippen molar-refractivity contribution in [3.63, 3.8) is 0 Å². The Bertz CT molecular complexity index is 238. The van der Waals surface area contributed by atoms with Gasteiger partial charge in [-0.15, -0.1) is 0 Å². The number of nitrogens with zero attached hydrogens (tertiary/aromatic N) is 2. The van der Waals surface area contributed by atoms with Crippen LogP contribution in [0.15, 0.2) is 0 Å². The number of piperidine rings is 2. The Morgan fingerprint density at radius 1 is 1.00 bits per heavy atom. The van der Waals surface area contributed by atoms with Gasteiger partial charge in [-0.3, -0.25) is 0 Å². The molecule has 0 aromatic heterocycles. The molecule has 3 heteroatoms. The highest BCUT2D eigenvalue weighted by Crippen LogP contribution is 2.18. The average Bonchev–Trinajstić information content (AvgIpc) is 2.46. The molecule has 2 aliphatic heterocycles. The van der Waals surface area contributed by atoms with Gasteiger partial charge in [0, 0.05) is 12.1 Å². The molecule has 2 fully saturated rings. The second-order valence-electron chi connectivity index (χ2n) is 6.69. The molecule has 0 amide bonds. The summed E-state index contributed by atoms with van der Waals surface area (Å²) in [5.41, 5.74) is 0. The minimum absolute atomic E-state index is 0.722. The van der Waals surface area contributed by atoms with E-state index in [0.717, 1.165) is 18.0 Å². The van der Waals surface area contributed by atoms with E-state index in [0.29, 0.717) is 0 Å². The topological polar surface area (TPSA) is 18.5 Å². The Morgan fingerprint density at radius 2 is 1.63 bits per heavy atom. The van der Waals surface area contributed by atoms with Crippen molar-refractivity contribution >= 4 is 0 Å². The maximum absolute atomic E-state index is 3.84. The van der Waals surface area contributed by atoms with Crippen LogP contribution in [0.5, 0.6) is 0 Å². The Morgan fingerprint density at radius 3 is 2.16 bits per heavy atom. The molecule has 0 bridgehead atoms. The van der Waals surface area contributed by atoms with Crippen molar-refractivity contribution in [1.29, 1.82) is 0 Å². The molecule has 1 N–H and O–H groups in total. The molecule has 112 valence electrons. The number of nitrogens with one attached hydrogen (secondary N) is 1. The minimum Gasteiger partial charge on any atom is -0.314 e. The van der Waals surface area contributed by atoms with Crippen molar-refractivity contribution in [1.82, 2.24) is 15.1 Å². The lowest BCUT2D eigenvalue weighted by molar-refractivity contribution is 0.150. The van der Waals surface area contributed by atoms with Gasteiger partial charge in [0.1, 0.15) is 0 Å². The van der Waals surface area contributed by atoms with E-state index < -0.39 is 0 Å². The van der Waals surface area contributed by atoms with Crippen molar-refractivity contribution in [3.05, 3.63) is 0 Å². The molecular formula is C16H33N3. The van der Waals surface area contributed by atoms with Crippen LogP contribution in [0, 0.1) is 5.92 Å². The van der Waals surface area contributed by atoms with Gasteiger partial charge in [0.05, 0.1) is 0 Å². The predicted molar refractivity (Wildman–Crippen MR) is 82.6 cm³/mol. The lowest BCUT2D eigenvalue weighted by atomic mass is 9.95. The third kappa shape index (κ3) is 4.73. The van der Waals surface area contributed by atoms with Crippen LogP contribution in [0.3, 0.4) is 0 Å². The molecule has 0 unspecified atom stereocenters. The van der Waals surface area contributed by atoms with E-state index in [1.165, 1.54) is 65.0 Å². The van der Waals surface area contributed by atoms with E-state index in [1.807, 2.05) is 0 Å². The van der Waals surface area contributed by atoms with E-state index in [1.54, 1.807) is 0 Å². The zero-order valence-electron chi connectivity index (χ0n) is 13.2. The second kappa shape index (κ2) is 7.61. The van der Waals surface area contributed by atoms with Crippen molar-refractivity contribution in [2.75, 3.05) is 39.3 Å². The summed E-state index contributed by atoms with van der Waals surface area (Å²) < 4.78 is 0. The SMILES string of the molecule is CCN1CCC(CNC2CCN(C(C)C)CC2)CC1. The summed E-state index contributed by atoms with van der Waals surface area (Å²) in [6.07, 6.45) is 5.47. The van der Waals surface area contributed by atoms with E-state index in [2.05, 4.69) is 35.9 Å². The first-order valence-electron chi connectivity index (χ1n) is 8.38. The van der Waals surface area contributed by atoms with Gasteiger partial charge in [-0.05, 0) is 84.7 Å². The van der Waals surface area contributed by atoms with Gasteiger partial charge in [-0.25, -0.2) is 0 Å². The summed E-state index contributed by atoms with van der Waals surface area (Å²) in [5, 5.41) is 3.84. The summed E-state index contributed by atoms with van der Waals surface area (Å²) in [6, 6.07) is 1.50. The first-order valence-corrected chi connectivity index (χ1v) is 8.38. The molecule has 0 radical (unpaired) electrons. The van der Waals surface area contributed by atoms with Gasteiger partial charge in [-0.1, -0.05) is 6.92 Å². The summed E-state index contributed by atoms with van der Waals surface area (Å²) >= 11 is 0. The van der Waals surface area contributed by atoms with Gasteiger partial charge in [0.15, 0.2) is 0 Å². The van der Waals surface area contributed by atoms with Crippen LogP contribution < -0.4 is 5.32 Å². The molecule has 0 spiro atoms. The molecule has 3 nitrogen and oxygen atoms in total. The summed E-state index contributed by atoms with van der Waals surface area (Å²) in [5.74, 6) is 0.922. The third-order valence-corrected chi connectivity index (χ3v) is 5.11. The maximum Gasteiger partial charge on any atom is 0.00915 e. The van der Waals surface area contributed by atoms with E-state index in [-0.39, 0.29) is 0 Å². The molecule has 0 atom stereocenters. The van der Waals surface area contributed by atoms with Crippen molar-refractivity contribution in [2.24, 2.45) is 5.92 Å².